The normalized spacial score (nSPS) is 11.0. The van der Waals surface area contributed by atoms with Crippen LogP contribution in [0, 0.1) is 0 Å². The second-order valence-corrected chi connectivity index (χ2v) is 4.61. The van der Waals surface area contributed by atoms with Crippen LogP contribution in [0.5, 0.6) is 0 Å². The number of hydrogen-bond acceptors (Lipinski definition) is 2. The number of imidazole rings is 2. The maximum absolute atomic E-state index is 4.64. The molecule has 0 bridgehead atoms. The summed E-state index contributed by atoms with van der Waals surface area (Å²) in [5.41, 5.74) is 4.11. The van der Waals surface area contributed by atoms with Crippen LogP contribution < -0.4 is 0 Å². The quantitative estimate of drug-likeness (QED) is 0.555. The van der Waals surface area contributed by atoms with Gasteiger partial charge in [-0.1, -0.05) is 30.3 Å². The molecule has 0 amide bonds. The third kappa shape index (κ3) is 1.78. The number of benzene rings is 1. The molecule has 0 unspecified atom stereocenters. The number of fused-ring (bicyclic) bond motifs is 1. The molecule has 3 heterocycles. The number of pyridine rings is 1. The van der Waals surface area contributed by atoms with Crippen LogP contribution >= 0.6 is 0 Å². The molecule has 0 aliphatic heterocycles. The molecular weight excluding hydrogens is 248 g/mol. The molecule has 0 N–H and O–H groups in total. The van der Waals surface area contributed by atoms with Crippen molar-refractivity contribution < 1.29 is 0 Å². The van der Waals surface area contributed by atoms with Gasteiger partial charge in [-0.15, -0.1) is 0 Å². The molecule has 96 valence electrons. The number of nitrogens with zero attached hydrogens (tertiary/aromatic N) is 4. The molecule has 0 atom stereocenters. The Morgan fingerprint density at radius 2 is 1.80 bits per heavy atom. The predicted octanol–water partition coefficient (Wildman–Crippen LogP) is 3.19. The minimum Gasteiger partial charge on any atom is -0.305 e. The van der Waals surface area contributed by atoms with Gasteiger partial charge in [0.05, 0.1) is 17.7 Å². The van der Waals surface area contributed by atoms with Crippen molar-refractivity contribution in [2.75, 3.05) is 0 Å². The van der Waals surface area contributed by atoms with Crippen molar-refractivity contribution in [2.45, 2.75) is 0 Å². The zero-order valence-corrected chi connectivity index (χ0v) is 10.7. The molecule has 4 aromatic rings. The van der Waals surface area contributed by atoms with Crippen molar-refractivity contribution in [1.82, 2.24) is 18.9 Å². The van der Waals surface area contributed by atoms with Crippen LogP contribution in [-0.4, -0.2) is 18.9 Å². The van der Waals surface area contributed by atoms with Gasteiger partial charge >= 0.3 is 0 Å². The van der Waals surface area contributed by atoms with Crippen molar-refractivity contribution in [2.24, 2.45) is 0 Å². The highest BCUT2D eigenvalue weighted by Crippen LogP contribution is 2.19. The Kier molecular flexibility index (Phi) is 2.39. The smallest absolute Gasteiger partial charge is 0.137 e. The fraction of sp³-hybridized carbons (Fsp3) is 0. The number of rotatable bonds is 2. The van der Waals surface area contributed by atoms with E-state index in [2.05, 4.69) is 28.3 Å². The second-order valence-electron chi connectivity index (χ2n) is 4.61. The van der Waals surface area contributed by atoms with Crippen LogP contribution in [0.1, 0.15) is 0 Å². The average molecular weight is 260 g/mol. The average Bonchev–Trinajstić information content (AvgIpc) is 3.16. The molecule has 0 aliphatic carbocycles. The topological polar surface area (TPSA) is 35.1 Å². The molecule has 0 radical (unpaired) electrons. The molecule has 0 aliphatic rings. The largest absolute Gasteiger partial charge is 0.305 e. The SMILES string of the molecule is c1ccc(-c2cn3cc(-n4ccnc4)ccc3n2)cc1. The third-order valence-corrected chi connectivity index (χ3v) is 3.31. The van der Waals surface area contributed by atoms with Crippen molar-refractivity contribution in [3.8, 4) is 16.9 Å². The summed E-state index contributed by atoms with van der Waals surface area (Å²) in [4.78, 5) is 8.71. The molecule has 3 aromatic heterocycles. The third-order valence-electron chi connectivity index (χ3n) is 3.31. The summed E-state index contributed by atoms with van der Waals surface area (Å²) in [5, 5.41) is 0. The molecule has 0 fully saturated rings. The van der Waals surface area contributed by atoms with E-state index in [9.17, 15) is 0 Å². The van der Waals surface area contributed by atoms with E-state index >= 15 is 0 Å². The summed E-state index contributed by atoms with van der Waals surface area (Å²) in [7, 11) is 0. The van der Waals surface area contributed by atoms with Gasteiger partial charge in [0.1, 0.15) is 5.65 Å². The lowest BCUT2D eigenvalue weighted by molar-refractivity contribution is 1.02. The Morgan fingerprint density at radius 1 is 0.900 bits per heavy atom. The highest BCUT2D eigenvalue weighted by molar-refractivity contribution is 5.63. The predicted molar refractivity (Wildman–Crippen MR) is 77.8 cm³/mol. The Bertz CT molecular complexity index is 845. The maximum Gasteiger partial charge on any atom is 0.137 e. The monoisotopic (exact) mass is 260 g/mol. The van der Waals surface area contributed by atoms with Gasteiger partial charge in [0.25, 0.3) is 0 Å². The molecule has 4 nitrogen and oxygen atoms in total. The highest BCUT2D eigenvalue weighted by Gasteiger charge is 2.05. The van der Waals surface area contributed by atoms with Crippen LogP contribution in [0.25, 0.3) is 22.6 Å². The molecule has 1 aromatic carbocycles. The van der Waals surface area contributed by atoms with E-state index in [1.807, 2.05) is 51.7 Å². The fourth-order valence-corrected chi connectivity index (χ4v) is 2.29. The molecule has 4 heteroatoms. The van der Waals surface area contributed by atoms with Crippen molar-refractivity contribution in [1.29, 1.82) is 0 Å². The first-order chi connectivity index (χ1) is 9.90. The van der Waals surface area contributed by atoms with E-state index in [0.29, 0.717) is 0 Å². The van der Waals surface area contributed by atoms with Gasteiger partial charge < -0.3 is 8.97 Å². The summed E-state index contributed by atoms with van der Waals surface area (Å²) in [6, 6.07) is 14.3. The van der Waals surface area contributed by atoms with Gasteiger partial charge in [0.15, 0.2) is 0 Å². The van der Waals surface area contributed by atoms with Crippen LogP contribution in [0.3, 0.4) is 0 Å². The lowest BCUT2D eigenvalue weighted by Crippen LogP contribution is -1.92. The first-order valence-corrected chi connectivity index (χ1v) is 6.43. The lowest BCUT2D eigenvalue weighted by atomic mass is 10.2. The summed E-state index contributed by atoms with van der Waals surface area (Å²) < 4.78 is 4.01. The lowest BCUT2D eigenvalue weighted by Gasteiger charge is -2.01. The van der Waals surface area contributed by atoms with Gasteiger partial charge in [-0.3, -0.25) is 0 Å². The Morgan fingerprint density at radius 3 is 2.60 bits per heavy atom. The second kappa shape index (κ2) is 4.35. The minimum absolute atomic E-state index is 0.938. The van der Waals surface area contributed by atoms with Gasteiger partial charge in [0.2, 0.25) is 0 Å². The first-order valence-electron chi connectivity index (χ1n) is 6.43. The molecule has 4 rings (SSSR count). The van der Waals surface area contributed by atoms with E-state index < -0.39 is 0 Å². The molecule has 0 spiro atoms. The highest BCUT2D eigenvalue weighted by atomic mass is 15.1. The Hall–Kier alpha value is -2.88. The number of hydrogen-bond donors (Lipinski definition) is 0. The van der Waals surface area contributed by atoms with Crippen molar-refractivity contribution >= 4 is 5.65 Å². The van der Waals surface area contributed by atoms with E-state index in [1.165, 1.54) is 0 Å². The molecule has 0 saturated heterocycles. The Labute approximate surface area is 116 Å². The van der Waals surface area contributed by atoms with Crippen molar-refractivity contribution in [3.05, 3.63) is 73.6 Å². The molecular formula is C16H12N4. The minimum atomic E-state index is 0.938. The maximum atomic E-state index is 4.64. The number of aromatic nitrogens is 4. The summed E-state index contributed by atoms with van der Waals surface area (Å²) >= 11 is 0. The zero-order chi connectivity index (χ0) is 13.4. The van der Waals surface area contributed by atoms with Crippen LogP contribution in [0.2, 0.25) is 0 Å². The van der Waals surface area contributed by atoms with Gasteiger partial charge in [-0.25, -0.2) is 9.97 Å². The van der Waals surface area contributed by atoms with E-state index in [-0.39, 0.29) is 0 Å². The van der Waals surface area contributed by atoms with Crippen molar-refractivity contribution in [3.63, 3.8) is 0 Å². The van der Waals surface area contributed by atoms with Crippen LogP contribution in [0.15, 0.2) is 73.6 Å². The molecule has 0 saturated carbocycles. The van der Waals surface area contributed by atoms with Gasteiger partial charge in [-0.2, -0.15) is 0 Å². The van der Waals surface area contributed by atoms with Gasteiger partial charge in [0, 0.05) is 30.4 Å². The zero-order valence-electron chi connectivity index (χ0n) is 10.7. The summed E-state index contributed by atoms with van der Waals surface area (Å²) in [5.74, 6) is 0. The van der Waals surface area contributed by atoms with Gasteiger partial charge in [-0.05, 0) is 12.1 Å². The van der Waals surface area contributed by atoms with Crippen LogP contribution in [-0.2, 0) is 0 Å². The summed E-state index contributed by atoms with van der Waals surface area (Å²) in [6.07, 6.45) is 9.58. The molecule has 20 heavy (non-hydrogen) atoms. The standard InChI is InChI=1S/C16H12N4/c1-2-4-13(5-3-1)15-11-20-10-14(6-7-16(20)18-15)19-9-8-17-12-19/h1-12H. The van der Waals surface area contributed by atoms with E-state index in [4.69, 9.17) is 0 Å². The van der Waals surface area contributed by atoms with E-state index in [1.54, 1.807) is 12.5 Å². The Balaban J connectivity index is 1.84. The summed E-state index contributed by atoms with van der Waals surface area (Å²) in [6.45, 7) is 0. The van der Waals surface area contributed by atoms with E-state index in [0.717, 1.165) is 22.6 Å². The van der Waals surface area contributed by atoms with Crippen LogP contribution in [0.4, 0.5) is 0 Å². The fourth-order valence-electron chi connectivity index (χ4n) is 2.29. The first kappa shape index (κ1) is 11.0.